The van der Waals surface area contributed by atoms with Crippen LogP contribution < -0.4 is 5.32 Å². The van der Waals surface area contributed by atoms with E-state index in [1.807, 2.05) is 31.2 Å². The number of pyridine rings is 1. The Hall–Kier alpha value is -2.05. The molecular formula is C18H19ClN2O3S. The number of aromatic nitrogens is 1. The Morgan fingerprint density at radius 2 is 2.00 bits per heavy atom. The fourth-order valence-electron chi connectivity index (χ4n) is 1.91. The molecule has 0 spiro atoms. The van der Waals surface area contributed by atoms with Crippen LogP contribution in [0.15, 0.2) is 47.5 Å². The summed E-state index contributed by atoms with van der Waals surface area (Å²) in [7, 11) is 0. The number of carbonyl (C=O) groups excluding carboxylic acids is 2. The Labute approximate surface area is 156 Å². The number of carbonyl (C=O) groups is 2. The highest BCUT2D eigenvalue weighted by Crippen LogP contribution is 2.20. The first kappa shape index (κ1) is 19.3. The van der Waals surface area contributed by atoms with Crippen molar-refractivity contribution in [2.75, 3.05) is 11.1 Å². The minimum absolute atomic E-state index is 0.184. The number of benzene rings is 1. The molecule has 132 valence electrons. The van der Waals surface area contributed by atoms with Gasteiger partial charge in [-0.2, -0.15) is 0 Å². The minimum Gasteiger partial charge on any atom is -0.453 e. The van der Waals surface area contributed by atoms with Gasteiger partial charge in [-0.15, -0.1) is 11.8 Å². The summed E-state index contributed by atoms with van der Waals surface area (Å²) in [6, 6.07) is 11.4. The summed E-state index contributed by atoms with van der Waals surface area (Å²) in [6.45, 7) is 3.54. The van der Waals surface area contributed by atoms with Crippen LogP contribution in [0.1, 0.15) is 18.9 Å². The van der Waals surface area contributed by atoms with Gasteiger partial charge in [0.25, 0.3) is 5.91 Å². The number of rotatable bonds is 7. The van der Waals surface area contributed by atoms with E-state index >= 15 is 0 Å². The van der Waals surface area contributed by atoms with E-state index in [1.54, 1.807) is 23.9 Å². The number of hydrogen-bond acceptors (Lipinski definition) is 5. The normalized spacial score (nSPS) is 11.6. The summed E-state index contributed by atoms with van der Waals surface area (Å²) in [5, 5.41) is 2.77. The summed E-state index contributed by atoms with van der Waals surface area (Å²) in [5.41, 5.74) is 1.57. The quantitative estimate of drug-likeness (QED) is 0.446. The first-order valence-electron chi connectivity index (χ1n) is 7.76. The molecule has 1 aromatic carbocycles. The molecule has 0 saturated heterocycles. The number of thioether (sulfide) groups is 1. The van der Waals surface area contributed by atoms with Crippen LogP contribution in [-0.4, -0.2) is 28.7 Å². The van der Waals surface area contributed by atoms with E-state index in [1.165, 1.54) is 18.7 Å². The zero-order chi connectivity index (χ0) is 18.2. The molecule has 1 atom stereocenters. The van der Waals surface area contributed by atoms with Gasteiger partial charge in [-0.3, -0.25) is 9.59 Å². The molecule has 25 heavy (non-hydrogen) atoms. The summed E-state index contributed by atoms with van der Waals surface area (Å²) < 4.78 is 5.15. The predicted molar refractivity (Wildman–Crippen MR) is 100.0 cm³/mol. The third kappa shape index (κ3) is 6.40. The highest BCUT2D eigenvalue weighted by Gasteiger charge is 2.18. The molecule has 2 rings (SSSR count). The van der Waals surface area contributed by atoms with Crippen molar-refractivity contribution in [3.05, 3.63) is 53.3 Å². The third-order valence-electron chi connectivity index (χ3n) is 3.29. The first-order chi connectivity index (χ1) is 12.0. The number of anilines is 1. The molecule has 0 saturated carbocycles. The summed E-state index contributed by atoms with van der Waals surface area (Å²) >= 11 is 7.45. The van der Waals surface area contributed by atoms with Crippen molar-refractivity contribution in [3.63, 3.8) is 0 Å². The molecule has 1 aromatic heterocycles. The van der Waals surface area contributed by atoms with E-state index in [-0.39, 0.29) is 11.6 Å². The van der Waals surface area contributed by atoms with Crippen molar-refractivity contribution in [1.82, 2.24) is 4.98 Å². The molecule has 1 heterocycles. The van der Waals surface area contributed by atoms with Crippen LogP contribution in [0.25, 0.3) is 0 Å². The number of halogens is 1. The molecule has 0 fully saturated rings. The van der Waals surface area contributed by atoms with E-state index in [0.717, 1.165) is 4.90 Å². The number of aryl methyl sites for hydroxylation is 1. The average Bonchev–Trinajstić information content (AvgIpc) is 2.58. The molecule has 7 heteroatoms. The number of esters is 1. The lowest BCUT2D eigenvalue weighted by atomic mass is 10.2. The van der Waals surface area contributed by atoms with Gasteiger partial charge < -0.3 is 10.1 Å². The Kier molecular flexibility index (Phi) is 7.28. The topological polar surface area (TPSA) is 68.3 Å². The number of amides is 1. The maximum absolute atomic E-state index is 12.0. The second-order valence-electron chi connectivity index (χ2n) is 5.37. The van der Waals surface area contributed by atoms with E-state index in [4.69, 9.17) is 16.3 Å². The van der Waals surface area contributed by atoms with Crippen molar-refractivity contribution in [2.45, 2.75) is 31.3 Å². The molecular weight excluding hydrogens is 360 g/mol. The number of ether oxygens (including phenoxy) is 1. The van der Waals surface area contributed by atoms with Crippen LogP contribution >= 0.6 is 23.4 Å². The fraction of sp³-hybridized carbons (Fsp3) is 0.278. The molecule has 1 amide bonds. The molecule has 0 bridgehead atoms. The van der Waals surface area contributed by atoms with E-state index in [2.05, 4.69) is 10.3 Å². The SMILES string of the molecule is Cc1ccc(SCCC(=O)OC(C)C(=O)Nc2cccnc2Cl)cc1. The van der Waals surface area contributed by atoms with Gasteiger partial charge >= 0.3 is 5.97 Å². The van der Waals surface area contributed by atoms with Gasteiger partial charge in [0.05, 0.1) is 12.1 Å². The first-order valence-corrected chi connectivity index (χ1v) is 9.12. The lowest BCUT2D eigenvalue weighted by Crippen LogP contribution is -2.30. The van der Waals surface area contributed by atoms with Crippen molar-refractivity contribution in [2.24, 2.45) is 0 Å². The van der Waals surface area contributed by atoms with Crippen molar-refractivity contribution in [1.29, 1.82) is 0 Å². The highest BCUT2D eigenvalue weighted by molar-refractivity contribution is 7.99. The molecule has 0 aliphatic rings. The number of nitrogens with zero attached hydrogens (tertiary/aromatic N) is 1. The van der Waals surface area contributed by atoms with Gasteiger partial charge in [0.1, 0.15) is 0 Å². The van der Waals surface area contributed by atoms with Gasteiger partial charge in [0.2, 0.25) is 0 Å². The van der Waals surface area contributed by atoms with Crippen LogP contribution in [0, 0.1) is 6.92 Å². The maximum atomic E-state index is 12.0. The van der Waals surface area contributed by atoms with E-state index in [9.17, 15) is 9.59 Å². The molecule has 2 aromatic rings. The molecule has 5 nitrogen and oxygen atoms in total. The predicted octanol–water partition coefficient (Wildman–Crippen LogP) is 4.10. The van der Waals surface area contributed by atoms with E-state index in [0.29, 0.717) is 11.4 Å². The standard InChI is InChI=1S/C18H19ClN2O3S/c1-12-5-7-14(8-6-12)25-11-9-16(22)24-13(2)18(23)21-15-4-3-10-20-17(15)19/h3-8,10,13H,9,11H2,1-2H3,(H,21,23). The molecule has 0 aliphatic heterocycles. The molecule has 0 radical (unpaired) electrons. The van der Waals surface area contributed by atoms with E-state index < -0.39 is 18.0 Å². The monoisotopic (exact) mass is 378 g/mol. The number of nitrogens with one attached hydrogen (secondary N) is 1. The number of hydrogen-bond donors (Lipinski definition) is 1. The smallest absolute Gasteiger partial charge is 0.307 e. The Bertz CT molecular complexity index is 737. The Balaban J connectivity index is 1.74. The van der Waals surface area contributed by atoms with Gasteiger partial charge in [-0.1, -0.05) is 29.3 Å². The minimum atomic E-state index is -0.909. The van der Waals surface area contributed by atoms with Gasteiger partial charge in [-0.25, -0.2) is 4.98 Å². The largest absolute Gasteiger partial charge is 0.453 e. The second kappa shape index (κ2) is 9.44. The van der Waals surface area contributed by atoms with Crippen LogP contribution in [0.3, 0.4) is 0 Å². The van der Waals surface area contributed by atoms with Crippen LogP contribution in [0.5, 0.6) is 0 Å². The van der Waals surface area contributed by atoms with Crippen LogP contribution in [-0.2, 0) is 14.3 Å². The summed E-state index contributed by atoms with van der Waals surface area (Å²) in [6.07, 6.45) is 0.838. The fourth-order valence-corrected chi connectivity index (χ4v) is 2.91. The van der Waals surface area contributed by atoms with Crippen LogP contribution in [0.4, 0.5) is 5.69 Å². The summed E-state index contributed by atoms with van der Waals surface area (Å²) in [4.78, 5) is 28.9. The van der Waals surface area contributed by atoms with Crippen LogP contribution in [0.2, 0.25) is 5.15 Å². The third-order valence-corrected chi connectivity index (χ3v) is 4.61. The van der Waals surface area contributed by atoms with Crippen molar-refractivity contribution < 1.29 is 14.3 Å². The van der Waals surface area contributed by atoms with Gasteiger partial charge in [0.15, 0.2) is 11.3 Å². The molecule has 1 N–H and O–H groups in total. The van der Waals surface area contributed by atoms with Gasteiger partial charge in [-0.05, 0) is 38.1 Å². The molecule has 1 unspecified atom stereocenters. The zero-order valence-electron chi connectivity index (χ0n) is 14.0. The van der Waals surface area contributed by atoms with Crippen molar-refractivity contribution in [3.8, 4) is 0 Å². The lowest BCUT2D eigenvalue weighted by molar-refractivity contribution is -0.152. The zero-order valence-corrected chi connectivity index (χ0v) is 15.6. The Morgan fingerprint density at radius 3 is 2.68 bits per heavy atom. The molecule has 0 aliphatic carbocycles. The second-order valence-corrected chi connectivity index (χ2v) is 6.90. The van der Waals surface area contributed by atoms with Crippen molar-refractivity contribution >= 4 is 40.9 Å². The maximum Gasteiger partial charge on any atom is 0.307 e. The van der Waals surface area contributed by atoms with Gasteiger partial charge in [0, 0.05) is 16.8 Å². The lowest BCUT2D eigenvalue weighted by Gasteiger charge is -2.13. The Morgan fingerprint density at radius 1 is 1.28 bits per heavy atom. The highest BCUT2D eigenvalue weighted by atomic mass is 35.5. The average molecular weight is 379 g/mol. The summed E-state index contributed by atoms with van der Waals surface area (Å²) in [5.74, 6) is -0.279.